The molecule has 0 amide bonds. The second-order valence-electron chi connectivity index (χ2n) is 5.00. The quantitative estimate of drug-likeness (QED) is 0.796. The van der Waals surface area contributed by atoms with Gasteiger partial charge in [-0.05, 0) is 30.0 Å². The van der Waals surface area contributed by atoms with Crippen LogP contribution in [0.25, 0.3) is 0 Å². The number of nitrogens with zero attached hydrogens (tertiary/aromatic N) is 2. The summed E-state index contributed by atoms with van der Waals surface area (Å²) in [4.78, 5) is 16.0. The second kappa shape index (κ2) is 6.30. The Morgan fingerprint density at radius 2 is 2.06 bits per heavy atom. The fourth-order valence-electron chi connectivity index (χ4n) is 2.68. The van der Waals surface area contributed by atoms with Gasteiger partial charge in [-0.15, -0.1) is 0 Å². The number of hydrogen-bond donors (Lipinski definition) is 0. The molecule has 0 saturated heterocycles. The Bertz CT molecular complexity index is 430. The van der Waals surface area contributed by atoms with Gasteiger partial charge >= 0.3 is 0 Å². The molecule has 0 bridgehead atoms. The van der Waals surface area contributed by atoms with Crippen LogP contribution in [0.4, 0.5) is 0 Å². The SMILES string of the molecule is N#CC(C(=O)CCC1CCCC1)c1ccncc1. The van der Waals surface area contributed by atoms with Crippen LogP contribution in [0.3, 0.4) is 0 Å². The van der Waals surface area contributed by atoms with Gasteiger partial charge in [-0.2, -0.15) is 5.26 Å². The normalized spacial score (nSPS) is 17.3. The van der Waals surface area contributed by atoms with Crippen molar-refractivity contribution < 1.29 is 4.79 Å². The van der Waals surface area contributed by atoms with Crippen LogP contribution < -0.4 is 0 Å². The monoisotopic (exact) mass is 242 g/mol. The van der Waals surface area contributed by atoms with Crippen LogP contribution in [-0.4, -0.2) is 10.8 Å². The summed E-state index contributed by atoms with van der Waals surface area (Å²) in [5.41, 5.74) is 0.768. The highest BCUT2D eigenvalue weighted by Gasteiger charge is 2.22. The molecule has 1 aliphatic rings. The fourth-order valence-corrected chi connectivity index (χ4v) is 2.68. The third-order valence-electron chi connectivity index (χ3n) is 3.76. The molecule has 0 N–H and O–H groups in total. The summed E-state index contributed by atoms with van der Waals surface area (Å²) in [6.07, 6.45) is 9.83. The molecule has 0 radical (unpaired) electrons. The molecule has 1 fully saturated rings. The molecular weight excluding hydrogens is 224 g/mol. The summed E-state index contributed by atoms with van der Waals surface area (Å²) in [7, 11) is 0. The van der Waals surface area contributed by atoms with Crippen molar-refractivity contribution in [3.05, 3.63) is 30.1 Å². The van der Waals surface area contributed by atoms with Gasteiger partial charge in [0.25, 0.3) is 0 Å². The summed E-state index contributed by atoms with van der Waals surface area (Å²) >= 11 is 0. The molecule has 1 aliphatic carbocycles. The Balaban J connectivity index is 1.92. The van der Waals surface area contributed by atoms with Crippen LogP contribution in [0.1, 0.15) is 50.0 Å². The summed E-state index contributed by atoms with van der Waals surface area (Å²) in [5.74, 6) is 0.135. The number of rotatable bonds is 5. The highest BCUT2D eigenvalue weighted by molar-refractivity contribution is 5.88. The van der Waals surface area contributed by atoms with Crippen molar-refractivity contribution in [2.24, 2.45) is 5.92 Å². The zero-order valence-corrected chi connectivity index (χ0v) is 10.5. The zero-order chi connectivity index (χ0) is 12.8. The van der Waals surface area contributed by atoms with Crippen LogP contribution in [0.2, 0.25) is 0 Å². The Morgan fingerprint density at radius 3 is 2.67 bits per heavy atom. The van der Waals surface area contributed by atoms with Crippen LogP contribution in [0, 0.1) is 17.2 Å². The first-order chi connectivity index (χ1) is 8.81. The van der Waals surface area contributed by atoms with Crippen LogP contribution in [-0.2, 0) is 4.79 Å². The lowest BCUT2D eigenvalue weighted by Crippen LogP contribution is -2.12. The van der Waals surface area contributed by atoms with Gasteiger partial charge in [-0.25, -0.2) is 0 Å². The smallest absolute Gasteiger partial charge is 0.154 e. The van der Waals surface area contributed by atoms with E-state index in [4.69, 9.17) is 5.26 Å². The van der Waals surface area contributed by atoms with Gasteiger partial charge in [0, 0.05) is 18.8 Å². The minimum atomic E-state index is -0.616. The van der Waals surface area contributed by atoms with E-state index in [1.54, 1.807) is 24.5 Å². The van der Waals surface area contributed by atoms with E-state index >= 15 is 0 Å². The largest absolute Gasteiger partial charge is 0.298 e. The number of pyridine rings is 1. The molecule has 1 aromatic heterocycles. The fraction of sp³-hybridized carbons (Fsp3) is 0.533. The lowest BCUT2D eigenvalue weighted by atomic mass is 9.91. The lowest BCUT2D eigenvalue weighted by molar-refractivity contribution is -0.119. The molecule has 1 saturated carbocycles. The van der Waals surface area contributed by atoms with Gasteiger partial charge in [0.1, 0.15) is 5.92 Å². The molecule has 94 valence electrons. The molecule has 1 atom stereocenters. The molecule has 18 heavy (non-hydrogen) atoms. The number of nitriles is 1. The Morgan fingerprint density at radius 1 is 1.39 bits per heavy atom. The van der Waals surface area contributed by atoms with Crippen molar-refractivity contribution in [2.75, 3.05) is 0 Å². The van der Waals surface area contributed by atoms with Crippen molar-refractivity contribution in [1.29, 1.82) is 5.26 Å². The van der Waals surface area contributed by atoms with Crippen LogP contribution in [0.15, 0.2) is 24.5 Å². The minimum Gasteiger partial charge on any atom is -0.298 e. The van der Waals surface area contributed by atoms with Gasteiger partial charge in [-0.1, -0.05) is 25.7 Å². The van der Waals surface area contributed by atoms with E-state index in [2.05, 4.69) is 11.1 Å². The highest BCUT2D eigenvalue weighted by atomic mass is 16.1. The first-order valence-electron chi connectivity index (χ1n) is 6.63. The second-order valence-corrected chi connectivity index (χ2v) is 5.00. The number of Topliss-reactive ketones (excluding diaryl/α,β-unsaturated/α-hetero) is 1. The van der Waals surface area contributed by atoms with Crippen LogP contribution >= 0.6 is 0 Å². The van der Waals surface area contributed by atoms with Gasteiger partial charge in [0.05, 0.1) is 6.07 Å². The number of ketones is 1. The van der Waals surface area contributed by atoms with Crippen LogP contribution in [0.5, 0.6) is 0 Å². The lowest BCUT2D eigenvalue weighted by Gasteiger charge is -2.11. The number of aromatic nitrogens is 1. The Hall–Kier alpha value is -1.69. The zero-order valence-electron chi connectivity index (χ0n) is 10.5. The summed E-state index contributed by atoms with van der Waals surface area (Å²) in [5, 5.41) is 9.15. The minimum absolute atomic E-state index is 0.0515. The number of hydrogen-bond acceptors (Lipinski definition) is 3. The standard InChI is InChI=1S/C15H18N2O/c16-11-14(13-7-9-17-10-8-13)15(18)6-5-12-3-1-2-4-12/h7-10,12,14H,1-6H2. The molecule has 1 unspecified atom stereocenters. The third-order valence-corrected chi connectivity index (χ3v) is 3.76. The van der Waals surface area contributed by atoms with Gasteiger partial charge in [-0.3, -0.25) is 9.78 Å². The number of carbonyl (C=O) groups is 1. The topological polar surface area (TPSA) is 53.8 Å². The average Bonchev–Trinajstić information content (AvgIpc) is 2.92. The average molecular weight is 242 g/mol. The molecule has 0 aromatic carbocycles. The molecule has 0 spiro atoms. The maximum Gasteiger partial charge on any atom is 0.154 e. The summed E-state index contributed by atoms with van der Waals surface area (Å²) in [6, 6.07) is 5.62. The molecular formula is C15H18N2O. The van der Waals surface area contributed by atoms with Crippen molar-refractivity contribution in [3.63, 3.8) is 0 Å². The van der Waals surface area contributed by atoms with Crippen molar-refractivity contribution in [3.8, 4) is 6.07 Å². The van der Waals surface area contributed by atoms with E-state index in [1.807, 2.05) is 0 Å². The van der Waals surface area contributed by atoms with Crippen molar-refractivity contribution >= 4 is 5.78 Å². The van der Waals surface area contributed by atoms with E-state index in [9.17, 15) is 4.79 Å². The Kier molecular flexibility index (Phi) is 4.46. The predicted octanol–water partition coefficient (Wildman–Crippen LogP) is 3.23. The maximum atomic E-state index is 12.1. The molecule has 1 heterocycles. The molecule has 3 nitrogen and oxygen atoms in total. The molecule has 0 aliphatic heterocycles. The van der Waals surface area contributed by atoms with E-state index in [1.165, 1.54) is 25.7 Å². The molecule has 3 heteroatoms. The van der Waals surface area contributed by atoms with E-state index in [0.29, 0.717) is 12.3 Å². The first-order valence-corrected chi connectivity index (χ1v) is 6.63. The van der Waals surface area contributed by atoms with E-state index in [-0.39, 0.29) is 5.78 Å². The molecule has 2 rings (SSSR count). The van der Waals surface area contributed by atoms with E-state index < -0.39 is 5.92 Å². The molecule has 1 aromatic rings. The predicted molar refractivity (Wildman–Crippen MR) is 68.8 cm³/mol. The van der Waals surface area contributed by atoms with Gasteiger partial charge in [0.15, 0.2) is 5.78 Å². The summed E-state index contributed by atoms with van der Waals surface area (Å²) < 4.78 is 0. The third kappa shape index (κ3) is 3.16. The Labute approximate surface area is 108 Å². The first kappa shape index (κ1) is 12.8. The number of carbonyl (C=O) groups excluding carboxylic acids is 1. The van der Waals surface area contributed by atoms with E-state index in [0.717, 1.165) is 12.0 Å². The van der Waals surface area contributed by atoms with Crippen molar-refractivity contribution in [1.82, 2.24) is 4.98 Å². The van der Waals surface area contributed by atoms with Crippen molar-refractivity contribution in [2.45, 2.75) is 44.4 Å². The highest BCUT2D eigenvalue weighted by Crippen LogP contribution is 2.29. The maximum absolute atomic E-state index is 12.1. The van der Waals surface area contributed by atoms with Gasteiger partial charge < -0.3 is 0 Å². The summed E-state index contributed by atoms with van der Waals surface area (Å²) in [6.45, 7) is 0. The van der Waals surface area contributed by atoms with Gasteiger partial charge in [0.2, 0.25) is 0 Å².